The van der Waals surface area contributed by atoms with Crippen LogP contribution in [0.2, 0.25) is 0 Å². The molecule has 2 atom stereocenters. The number of rotatable bonds is 9. The molecule has 35 heavy (non-hydrogen) atoms. The number of anilines is 1. The van der Waals surface area contributed by atoms with E-state index < -0.39 is 41.0 Å². The number of alkyl carbamates (subject to hydrolysis) is 1. The van der Waals surface area contributed by atoms with E-state index in [1.165, 1.54) is 29.3 Å². The van der Waals surface area contributed by atoms with Crippen LogP contribution in [0.4, 0.5) is 9.93 Å². The van der Waals surface area contributed by atoms with Crippen LogP contribution in [0.3, 0.4) is 0 Å². The Morgan fingerprint density at radius 2 is 2.20 bits per heavy atom. The van der Waals surface area contributed by atoms with Crippen molar-refractivity contribution in [2.24, 2.45) is 5.16 Å². The Kier molecular flexibility index (Phi) is 10.9. The molecule has 0 radical (unpaired) electrons. The van der Waals surface area contributed by atoms with Crippen LogP contribution >= 0.6 is 34.7 Å². The standard InChI is InChI=1S/C18H19ClN6O7S2.Na/c19-3-4-21-18(30)32-5-1-2-8-6-33-15-11(14(27)25(15)12(8)16(28)29)23-13(26)10(24-31)9-7-34-17(20)22-9;/h1-2,7,11,15,31H,3-6H2,(H2,20,22)(H,21,30)(H,23,26)(H,28,29);/q;+1/p-1/b2-1-,24-10-;/t11?,15-;/m0./s1. The normalized spacial score (nSPS) is 19.5. The van der Waals surface area contributed by atoms with E-state index in [1.54, 1.807) is 0 Å². The van der Waals surface area contributed by atoms with Gasteiger partial charge >= 0.3 is 35.7 Å². The molecule has 182 valence electrons. The number of amides is 3. The van der Waals surface area contributed by atoms with Gasteiger partial charge in [-0.2, -0.15) is 0 Å². The minimum absolute atomic E-state index is 0. The molecule has 0 aromatic carbocycles. The molecule has 1 saturated heterocycles. The van der Waals surface area contributed by atoms with Crippen molar-refractivity contribution in [3.05, 3.63) is 34.5 Å². The maximum atomic E-state index is 12.7. The summed E-state index contributed by atoms with van der Waals surface area (Å²) >= 11 is 7.70. The summed E-state index contributed by atoms with van der Waals surface area (Å²) < 4.78 is 4.89. The summed E-state index contributed by atoms with van der Waals surface area (Å²) in [6, 6.07) is -1.06. The molecule has 2 aliphatic rings. The number of oxime groups is 1. The number of halogens is 1. The molecule has 1 unspecified atom stereocenters. The zero-order valence-electron chi connectivity index (χ0n) is 18.2. The number of thiazole rings is 1. The first-order valence-corrected chi connectivity index (χ1v) is 12.0. The first-order valence-electron chi connectivity index (χ1n) is 9.55. The van der Waals surface area contributed by atoms with E-state index in [0.29, 0.717) is 0 Å². The number of nitrogens with two attached hydrogens (primary N) is 1. The number of nitrogens with zero attached hydrogens (tertiary/aromatic N) is 3. The minimum Gasteiger partial charge on any atom is -0.543 e. The van der Waals surface area contributed by atoms with E-state index in [0.717, 1.165) is 16.2 Å². The zero-order chi connectivity index (χ0) is 24.8. The van der Waals surface area contributed by atoms with Crippen LogP contribution in [-0.4, -0.2) is 80.9 Å². The average molecular weight is 553 g/mol. The van der Waals surface area contributed by atoms with Gasteiger partial charge in [0.05, 0.1) is 11.7 Å². The number of carbonyl (C=O) groups excluding carboxylic acids is 4. The Labute approximate surface area is 234 Å². The second kappa shape index (κ2) is 13.1. The molecule has 0 spiro atoms. The third kappa shape index (κ3) is 6.68. The number of thioether (sulfide) groups is 1. The molecule has 1 fully saturated rings. The van der Waals surface area contributed by atoms with Gasteiger partial charge in [-0.1, -0.05) is 11.2 Å². The van der Waals surface area contributed by atoms with Crippen molar-refractivity contribution >= 4 is 69.4 Å². The summed E-state index contributed by atoms with van der Waals surface area (Å²) in [7, 11) is 0. The van der Waals surface area contributed by atoms with Crippen LogP contribution in [0.25, 0.3) is 0 Å². The third-order valence-corrected chi connectivity index (χ3v) is 6.72. The zero-order valence-corrected chi connectivity index (χ0v) is 22.6. The molecule has 3 heterocycles. The maximum absolute atomic E-state index is 12.7. The smallest absolute Gasteiger partial charge is 0.543 e. The number of hydrogen-bond acceptors (Lipinski definition) is 12. The number of aliphatic carboxylic acids is 1. The molecule has 1 aromatic heterocycles. The van der Waals surface area contributed by atoms with E-state index in [4.69, 9.17) is 22.1 Å². The number of allylic oxidation sites excluding steroid dienone is 1. The van der Waals surface area contributed by atoms with E-state index in [-0.39, 0.29) is 76.4 Å². The molecule has 3 rings (SSSR count). The van der Waals surface area contributed by atoms with Gasteiger partial charge in [0, 0.05) is 23.6 Å². The number of carbonyl (C=O) groups is 4. The van der Waals surface area contributed by atoms with E-state index in [2.05, 4.69) is 20.8 Å². The molecular formula is C18H18ClN6NaO7S2. The topological polar surface area (TPSA) is 199 Å². The fraction of sp³-hybridized carbons (Fsp3) is 0.333. The van der Waals surface area contributed by atoms with Gasteiger partial charge in [-0.15, -0.1) is 34.7 Å². The number of carboxylic acid groups (broad SMARTS) is 1. The van der Waals surface area contributed by atoms with Gasteiger partial charge in [0.15, 0.2) is 10.8 Å². The van der Waals surface area contributed by atoms with Crippen molar-refractivity contribution in [2.45, 2.75) is 11.4 Å². The summed E-state index contributed by atoms with van der Waals surface area (Å²) in [5.74, 6) is -2.71. The van der Waals surface area contributed by atoms with Gasteiger partial charge in [-0.3, -0.25) is 14.5 Å². The Morgan fingerprint density at radius 1 is 1.46 bits per heavy atom. The Hall–Kier alpha value is -2.30. The summed E-state index contributed by atoms with van der Waals surface area (Å²) in [6.07, 6.45) is 2.16. The molecule has 13 nitrogen and oxygen atoms in total. The van der Waals surface area contributed by atoms with Crippen molar-refractivity contribution in [3.8, 4) is 0 Å². The second-order valence-corrected chi connectivity index (χ2v) is 9.03. The van der Waals surface area contributed by atoms with Gasteiger partial charge in [-0.05, 0) is 11.6 Å². The van der Waals surface area contributed by atoms with E-state index >= 15 is 0 Å². The molecule has 5 N–H and O–H groups in total. The van der Waals surface area contributed by atoms with E-state index in [1.807, 2.05) is 0 Å². The quantitative estimate of drug-likeness (QED) is 0.0582. The monoisotopic (exact) mass is 552 g/mol. The van der Waals surface area contributed by atoms with Crippen LogP contribution in [0, 0.1) is 0 Å². The Morgan fingerprint density at radius 3 is 2.80 bits per heavy atom. The molecule has 3 amide bonds. The summed E-state index contributed by atoms with van der Waals surface area (Å²) in [4.78, 5) is 53.2. The number of carboxylic acids is 1. The molecule has 2 aliphatic heterocycles. The van der Waals surface area contributed by atoms with E-state index in [9.17, 15) is 29.5 Å². The Balaban J connectivity index is 0.00000432. The Bertz CT molecular complexity index is 1100. The fourth-order valence-corrected chi connectivity index (χ4v) is 5.05. The molecule has 0 saturated carbocycles. The number of alkyl halides is 1. The van der Waals surface area contributed by atoms with Crippen molar-refractivity contribution < 1.29 is 63.8 Å². The fourth-order valence-electron chi connectivity index (χ4n) is 3.09. The third-order valence-electron chi connectivity index (χ3n) is 4.55. The molecular weight excluding hydrogens is 535 g/mol. The summed E-state index contributed by atoms with van der Waals surface area (Å²) in [6.45, 7) is 0.101. The summed E-state index contributed by atoms with van der Waals surface area (Å²) in [5.41, 5.74) is 5.05. The van der Waals surface area contributed by atoms with Gasteiger partial charge < -0.3 is 36.2 Å². The van der Waals surface area contributed by atoms with Crippen molar-refractivity contribution in [3.63, 3.8) is 0 Å². The van der Waals surface area contributed by atoms with Gasteiger partial charge in [0.2, 0.25) is 0 Å². The molecule has 1 aromatic rings. The van der Waals surface area contributed by atoms with Gasteiger partial charge in [-0.25, -0.2) is 9.78 Å². The number of nitrogen functional groups attached to an aromatic ring is 1. The number of hydrogen-bond donors (Lipinski definition) is 4. The summed E-state index contributed by atoms with van der Waals surface area (Å²) in [5, 5.41) is 29.6. The molecule has 0 bridgehead atoms. The van der Waals surface area contributed by atoms with Gasteiger partial charge in [0.25, 0.3) is 11.8 Å². The maximum Gasteiger partial charge on any atom is 1.00 e. The number of nitrogens with one attached hydrogen (secondary N) is 2. The van der Waals surface area contributed by atoms with Crippen molar-refractivity contribution in [1.82, 2.24) is 20.5 Å². The first kappa shape index (κ1) is 28.9. The van der Waals surface area contributed by atoms with Gasteiger partial charge in [0.1, 0.15) is 23.7 Å². The van der Waals surface area contributed by atoms with Crippen LogP contribution in [0.15, 0.2) is 34.0 Å². The van der Waals surface area contributed by atoms with Crippen LogP contribution < -0.4 is 51.0 Å². The molecule has 17 heteroatoms. The predicted octanol–water partition coefficient (Wildman–Crippen LogP) is -4.17. The average Bonchev–Trinajstić information content (AvgIpc) is 3.24. The van der Waals surface area contributed by atoms with Crippen LogP contribution in [0.1, 0.15) is 5.69 Å². The van der Waals surface area contributed by atoms with Crippen LogP contribution in [-0.2, 0) is 19.1 Å². The number of fused-ring (bicyclic) bond motifs is 1. The molecule has 0 aliphatic carbocycles. The SMILES string of the molecule is Nc1nc(/C(=N/O)C(=O)NC2C(=O)N3C(C(=O)[O-])=C(/C=C\COC(=O)NCCCl)CS[C@@H]23)cs1.[Na+]. The first-order chi connectivity index (χ1) is 16.3. The van der Waals surface area contributed by atoms with Crippen molar-refractivity contribution in [1.29, 1.82) is 0 Å². The number of aromatic nitrogens is 1. The largest absolute Gasteiger partial charge is 1.00 e. The second-order valence-electron chi connectivity index (χ2n) is 6.66. The van der Waals surface area contributed by atoms with Crippen molar-refractivity contribution in [2.75, 3.05) is 30.5 Å². The van der Waals surface area contributed by atoms with Crippen LogP contribution in [0.5, 0.6) is 0 Å². The predicted molar refractivity (Wildman–Crippen MR) is 121 cm³/mol. The number of β-lactam (4-membered cyclic amide) rings is 1. The number of ether oxygens (including phenoxy) is 1. The minimum atomic E-state index is -1.57.